The molecule has 0 radical (unpaired) electrons. The number of methoxy groups -OCH3 is 1. The Morgan fingerprint density at radius 2 is 2.23 bits per heavy atom. The maximum absolute atomic E-state index is 10.2. The van der Waals surface area contributed by atoms with Gasteiger partial charge >= 0.3 is 7.12 Å². The van der Waals surface area contributed by atoms with Crippen LogP contribution in [0.25, 0.3) is 0 Å². The maximum Gasteiger partial charge on any atom is 0.491 e. The van der Waals surface area contributed by atoms with Gasteiger partial charge in [0.05, 0.1) is 19.3 Å². The molecule has 0 spiro atoms. The minimum Gasteiger partial charge on any atom is -0.491 e. The van der Waals surface area contributed by atoms with E-state index in [1.807, 2.05) is 30.3 Å². The molecule has 6 heteroatoms. The van der Waals surface area contributed by atoms with Crippen LogP contribution in [0.5, 0.6) is 5.75 Å². The van der Waals surface area contributed by atoms with E-state index in [-0.39, 0.29) is 19.3 Å². The number of hydrogen-bond acceptors (Lipinski definition) is 5. The second kappa shape index (κ2) is 8.15. The highest BCUT2D eigenvalue weighted by atomic mass is 16.5. The average molecular weight is 304 g/mol. The van der Waals surface area contributed by atoms with Gasteiger partial charge in [0, 0.05) is 12.7 Å². The topological polar surface area (TPSA) is 68.2 Å². The third-order valence-corrected chi connectivity index (χ3v) is 3.45. The minimum atomic E-state index is -1.03. The summed E-state index contributed by atoms with van der Waals surface area (Å²) in [4.78, 5) is 0. The smallest absolute Gasteiger partial charge is 0.491 e. The summed E-state index contributed by atoms with van der Waals surface area (Å²) in [6.07, 6.45) is 2.22. The van der Waals surface area contributed by atoms with Crippen molar-refractivity contribution in [2.24, 2.45) is 0 Å². The lowest BCUT2D eigenvalue weighted by Crippen LogP contribution is -2.29. The molecule has 0 saturated carbocycles. The number of ether oxygens (including phenoxy) is 2. The van der Waals surface area contributed by atoms with Crippen molar-refractivity contribution in [3.05, 3.63) is 53.5 Å². The van der Waals surface area contributed by atoms with Gasteiger partial charge in [-0.1, -0.05) is 30.9 Å². The Kier molecular flexibility index (Phi) is 6.21. The van der Waals surface area contributed by atoms with Crippen LogP contribution in [-0.2, 0) is 9.39 Å². The number of benzene rings is 1. The lowest BCUT2D eigenvalue weighted by atomic mass is 9.71. The predicted molar refractivity (Wildman–Crippen MR) is 84.5 cm³/mol. The Morgan fingerprint density at radius 3 is 2.91 bits per heavy atom. The molecule has 1 aromatic carbocycles. The standard InChI is InChI=1S/C16H21BO5/c1-12(11-20-2)14-7-8-16(22-17(14)19)13-5-3-4-6-15(13)21-10-9-18/h3-7,16,18-19H,1,8-11H2,2H3/t16-/m0/s1. The summed E-state index contributed by atoms with van der Waals surface area (Å²) in [6.45, 7) is 4.41. The van der Waals surface area contributed by atoms with E-state index in [1.54, 1.807) is 7.11 Å². The highest BCUT2D eigenvalue weighted by Crippen LogP contribution is 2.35. The molecule has 0 bridgehead atoms. The van der Waals surface area contributed by atoms with Crippen molar-refractivity contribution < 1.29 is 24.3 Å². The SMILES string of the molecule is C=C(COC)C1=CC[C@@H](c2ccccc2OCCO)OB1O. The summed E-state index contributed by atoms with van der Waals surface area (Å²) in [7, 11) is 0.548. The fourth-order valence-electron chi connectivity index (χ4n) is 2.43. The van der Waals surface area contributed by atoms with Gasteiger partial charge in [0.25, 0.3) is 0 Å². The van der Waals surface area contributed by atoms with E-state index in [2.05, 4.69) is 6.58 Å². The van der Waals surface area contributed by atoms with Gasteiger partial charge < -0.3 is 24.3 Å². The van der Waals surface area contributed by atoms with Gasteiger partial charge in [0.15, 0.2) is 0 Å². The van der Waals surface area contributed by atoms with Gasteiger partial charge in [-0.25, -0.2) is 0 Å². The van der Waals surface area contributed by atoms with Crippen LogP contribution < -0.4 is 4.74 Å². The van der Waals surface area contributed by atoms with E-state index in [1.165, 1.54) is 0 Å². The van der Waals surface area contributed by atoms with E-state index < -0.39 is 7.12 Å². The highest BCUT2D eigenvalue weighted by molar-refractivity contribution is 6.54. The monoisotopic (exact) mass is 304 g/mol. The normalized spacial score (nSPS) is 18.0. The van der Waals surface area contributed by atoms with Crippen molar-refractivity contribution in [3.8, 4) is 5.75 Å². The molecule has 0 aromatic heterocycles. The fraction of sp³-hybridized carbons (Fsp3) is 0.375. The lowest BCUT2D eigenvalue weighted by Gasteiger charge is -2.27. The molecule has 118 valence electrons. The fourth-order valence-corrected chi connectivity index (χ4v) is 2.43. The Bertz CT molecular complexity index is 543. The van der Waals surface area contributed by atoms with Gasteiger partial charge in [-0.2, -0.15) is 0 Å². The highest BCUT2D eigenvalue weighted by Gasteiger charge is 2.31. The Hall–Kier alpha value is -1.60. The summed E-state index contributed by atoms with van der Waals surface area (Å²) in [5, 5.41) is 19.1. The van der Waals surface area contributed by atoms with Gasteiger partial charge in [-0.3, -0.25) is 0 Å². The second-order valence-electron chi connectivity index (χ2n) is 5.02. The number of rotatable bonds is 7. The van der Waals surface area contributed by atoms with Crippen LogP contribution in [-0.4, -0.2) is 44.2 Å². The summed E-state index contributed by atoms with van der Waals surface area (Å²) in [5.74, 6) is 0.654. The second-order valence-corrected chi connectivity index (χ2v) is 5.02. The van der Waals surface area contributed by atoms with Crippen LogP contribution in [0.15, 0.2) is 48.0 Å². The molecule has 1 aliphatic rings. The first kappa shape index (κ1) is 16.8. The minimum absolute atomic E-state index is 0.0522. The zero-order valence-electron chi connectivity index (χ0n) is 12.7. The van der Waals surface area contributed by atoms with Gasteiger partial charge in [-0.15, -0.1) is 0 Å². The van der Waals surface area contributed by atoms with E-state index in [0.29, 0.717) is 29.8 Å². The molecule has 5 nitrogen and oxygen atoms in total. The Morgan fingerprint density at radius 1 is 1.45 bits per heavy atom. The molecule has 2 rings (SSSR count). The van der Waals surface area contributed by atoms with Gasteiger partial charge in [-0.05, 0) is 23.5 Å². The molecule has 0 saturated heterocycles. The van der Waals surface area contributed by atoms with Crippen LogP contribution in [0.4, 0.5) is 0 Å². The van der Waals surface area contributed by atoms with E-state index in [4.69, 9.17) is 19.2 Å². The molecular weight excluding hydrogens is 283 g/mol. The van der Waals surface area contributed by atoms with Crippen LogP contribution in [0.2, 0.25) is 0 Å². The van der Waals surface area contributed by atoms with Crippen molar-refractivity contribution in [1.29, 1.82) is 0 Å². The summed E-state index contributed by atoms with van der Waals surface area (Å²) < 4.78 is 16.2. The summed E-state index contributed by atoms with van der Waals surface area (Å²) >= 11 is 0. The quantitative estimate of drug-likeness (QED) is 0.750. The van der Waals surface area contributed by atoms with Crippen LogP contribution in [0.1, 0.15) is 18.1 Å². The zero-order chi connectivity index (χ0) is 15.9. The largest absolute Gasteiger partial charge is 0.491 e. The first-order valence-corrected chi connectivity index (χ1v) is 7.20. The van der Waals surface area contributed by atoms with Gasteiger partial charge in [0.2, 0.25) is 0 Å². The Balaban J connectivity index is 2.14. The summed E-state index contributed by atoms with van der Waals surface area (Å²) in [5.41, 5.74) is 2.22. The third-order valence-electron chi connectivity index (χ3n) is 3.45. The van der Waals surface area contributed by atoms with Crippen molar-refractivity contribution in [2.45, 2.75) is 12.5 Å². The van der Waals surface area contributed by atoms with E-state index in [9.17, 15) is 5.02 Å². The molecule has 1 aromatic rings. The van der Waals surface area contributed by atoms with E-state index in [0.717, 1.165) is 5.56 Å². The maximum atomic E-state index is 10.2. The van der Waals surface area contributed by atoms with Crippen molar-refractivity contribution in [1.82, 2.24) is 0 Å². The van der Waals surface area contributed by atoms with Crippen molar-refractivity contribution in [2.75, 3.05) is 26.9 Å². The number of aliphatic hydroxyl groups excluding tert-OH is 1. The molecular formula is C16H21BO5. The molecule has 0 amide bonds. The number of hydrogen-bond donors (Lipinski definition) is 2. The first-order chi connectivity index (χ1) is 10.7. The van der Waals surface area contributed by atoms with Crippen LogP contribution >= 0.6 is 0 Å². The molecule has 1 heterocycles. The molecule has 1 atom stereocenters. The molecule has 22 heavy (non-hydrogen) atoms. The molecule has 0 aliphatic carbocycles. The van der Waals surface area contributed by atoms with Crippen LogP contribution in [0, 0.1) is 0 Å². The summed E-state index contributed by atoms with van der Waals surface area (Å²) in [6, 6.07) is 7.47. The molecule has 1 aliphatic heterocycles. The van der Waals surface area contributed by atoms with E-state index >= 15 is 0 Å². The van der Waals surface area contributed by atoms with Crippen molar-refractivity contribution in [3.63, 3.8) is 0 Å². The molecule has 0 unspecified atom stereocenters. The van der Waals surface area contributed by atoms with Gasteiger partial charge in [0.1, 0.15) is 12.4 Å². The van der Waals surface area contributed by atoms with Crippen LogP contribution in [0.3, 0.4) is 0 Å². The molecule has 2 N–H and O–H groups in total. The zero-order valence-corrected chi connectivity index (χ0v) is 12.7. The molecule has 0 fully saturated rings. The number of para-hydroxylation sites is 1. The first-order valence-electron chi connectivity index (χ1n) is 7.20. The third kappa shape index (κ3) is 3.98. The average Bonchev–Trinajstić information content (AvgIpc) is 2.53. The predicted octanol–water partition coefficient (Wildman–Crippen LogP) is 1.67. The number of aliphatic hydroxyl groups is 1. The van der Waals surface area contributed by atoms with Crippen molar-refractivity contribution >= 4 is 7.12 Å². The lowest BCUT2D eigenvalue weighted by molar-refractivity contribution is 0.156. The Labute approximate surface area is 131 Å².